The van der Waals surface area contributed by atoms with Crippen molar-refractivity contribution in [1.29, 1.82) is 0 Å². The summed E-state index contributed by atoms with van der Waals surface area (Å²) in [6.45, 7) is 1.15. The Morgan fingerprint density at radius 2 is 1.15 bits per heavy atom. The van der Waals surface area contributed by atoms with Gasteiger partial charge in [-0.2, -0.15) is 57.1 Å². The minimum Gasteiger partial charge on any atom is -0.350 e. The molecule has 2 unspecified atom stereocenters. The van der Waals surface area contributed by atoms with E-state index >= 15 is 0 Å². The molecule has 1 heterocycles. The lowest BCUT2D eigenvalue weighted by Gasteiger charge is -2.39. The van der Waals surface area contributed by atoms with Crippen molar-refractivity contribution in [1.82, 2.24) is 0 Å². The summed E-state index contributed by atoms with van der Waals surface area (Å²) in [5.74, 6) is -36.7. The van der Waals surface area contributed by atoms with E-state index in [0.717, 1.165) is 0 Å². The third-order valence-electron chi connectivity index (χ3n) is 3.59. The van der Waals surface area contributed by atoms with Gasteiger partial charge in [-0.3, -0.25) is 0 Å². The molecule has 0 bridgehead atoms. The molecule has 1 aliphatic rings. The Hall–Kier alpha value is -0.990. The monoisotopic (exact) mass is 434 g/mol. The number of ether oxygens (including phenoxy) is 2. The van der Waals surface area contributed by atoms with Gasteiger partial charge in [-0.05, 0) is 6.92 Å². The van der Waals surface area contributed by atoms with Crippen molar-refractivity contribution in [3.63, 3.8) is 0 Å². The fourth-order valence-corrected chi connectivity index (χ4v) is 1.99. The van der Waals surface area contributed by atoms with Crippen LogP contribution in [0.15, 0.2) is 0 Å². The number of rotatable bonds is 7. The smallest absolute Gasteiger partial charge is 0.350 e. The van der Waals surface area contributed by atoms with Gasteiger partial charge >= 0.3 is 35.8 Å². The van der Waals surface area contributed by atoms with Crippen LogP contribution in [0.1, 0.15) is 19.8 Å². The predicted octanol–water partition coefficient (Wildman–Crippen LogP) is 5.27. The second kappa shape index (κ2) is 6.81. The third kappa shape index (κ3) is 3.80. The van der Waals surface area contributed by atoms with Gasteiger partial charge in [-0.1, -0.05) is 0 Å². The van der Waals surface area contributed by atoms with Crippen molar-refractivity contribution in [3.8, 4) is 0 Å². The fourth-order valence-electron chi connectivity index (χ4n) is 1.99. The zero-order chi connectivity index (χ0) is 21.7. The van der Waals surface area contributed by atoms with E-state index in [1.165, 1.54) is 6.92 Å². The van der Waals surface area contributed by atoms with Crippen molar-refractivity contribution in [2.24, 2.45) is 0 Å². The van der Waals surface area contributed by atoms with Crippen LogP contribution in [0, 0.1) is 0 Å². The molecule has 1 aliphatic heterocycles. The Kier molecular flexibility index (Phi) is 6.07. The molecule has 0 spiro atoms. The average molecular weight is 434 g/mol. The molecule has 0 radical (unpaired) electrons. The van der Waals surface area contributed by atoms with Gasteiger partial charge in [0.25, 0.3) is 0 Å². The lowest BCUT2D eigenvalue weighted by molar-refractivity contribution is -0.440. The molecule has 27 heavy (non-hydrogen) atoms. The maximum Gasteiger partial charge on any atom is 0.460 e. The molecule has 0 amide bonds. The van der Waals surface area contributed by atoms with Crippen molar-refractivity contribution in [2.75, 3.05) is 6.61 Å². The molecule has 2 nitrogen and oxygen atoms in total. The largest absolute Gasteiger partial charge is 0.460 e. The first-order chi connectivity index (χ1) is 11.7. The fraction of sp³-hybridized carbons (Fsp3) is 1.00. The van der Waals surface area contributed by atoms with Crippen molar-refractivity contribution in [2.45, 2.75) is 67.9 Å². The molecule has 162 valence electrons. The van der Waals surface area contributed by atoms with E-state index in [1.54, 1.807) is 0 Å². The van der Waals surface area contributed by atoms with Gasteiger partial charge in [0.2, 0.25) is 0 Å². The molecule has 0 aromatic heterocycles. The van der Waals surface area contributed by atoms with Crippen LogP contribution in [0.2, 0.25) is 0 Å². The summed E-state index contributed by atoms with van der Waals surface area (Å²) in [4.78, 5) is 0. The Labute approximate surface area is 142 Å². The Balaban J connectivity index is 3.13. The SMILES string of the molecule is CC1COC(CCC(F)(F)C(F)(F)C(F)(F)C(F)(F)C(F)(F)C(F)(F)F)O1. The highest BCUT2D eigenvalue weighted by Crippen LogP contribution is 2.60. The summed E-state index contributed by atoms with van der Waals surface area (Å²) in [6.07, 6.45) is -13.3. The van der Waals surface area contributed by atoms with Crippen LogP contribution in [0.25, 0.3) is 0 Å². The van der Waals surface area contributed by atoms with E-state index in [0.29, 0.717) is 0 Å². The summed E-state index contributed by atoms with van der Waals surface area (Å²) in [7, 11) is 0. The summed E-state index contributed by atoms with van der Waals surface area (Å²) in [6, 6.07) is 0. The lowest BCUT2D eigenvalue weighted by atomic mass is 9.92. The summed E-state index contributed by atoms with van der Waals surface area (Å²) in [5, 5.41) is 0. The van der Waals surface area contributed by atoms with Crippen LogP contribution >= 0.6 is 0 Å². The Bertz CT molecular complexity index is 528. The van der Waals surface area contributed by atoms with E-state index in [2.05, 4.69) is 4.74 Å². The van der Waals surface area contributed by atoms with Crippen LogP contribution < -0.4 is 0 Å². The summed E-state index contributed by atoms with van der Waals surface area (Å²) < 4.78 is 176. The average Bonchev–Trinajstić information content (AvgIpc) is 2.89. The van der Waals surface area contributed by atoms with Gasteiger partial charge < -0.3 is 9.47 Å². The van der Waals surface area contributed by atoms with Crippen LogP contribution in [0.4, 0.5) is 57.1 Å². The molecule has 1 saturated heterocycles. The van der Waals surface area contributed by atoms with Crippen LogP contribution in [-0.4, -0.2) is 54.8 Å². The first-order valence-corrected chi connectivity index (χ1v) is 6.95. The number of hydrogen-bond acceptors (Lipinski definition) is 2. The van der Waals surface area contributed by atoms with Crippen molar-refractivity contribution >= 4 is 0 Å². The maximum atomic E-state index is 13.5. The molecule has 2 atom stereocenters. The van der Waals surface area contributed by atoms with Gasteiger partial charge in [0.1, 0.15) is 0 Å². The van der Waals surface area contributed by atoms with Crippen LogP contribution in [0.5, 0.6) is 0 Å². The topological polar surface area (TPSA) is 18.5 Å². The minimum absolute atomic E-state index is 0.196. The minimum atomic E-state index is -7.87. The number of alkyl halides is 13. The summed E-state index contributed by atoms with van der Waals surface area (Å²) in [5.41, 5.74) is 0. The first-order valence-electron chi connectivity index (χ1n) is 6.95. The highest BCUT2D eigenvalue weighted by molar-refractivity contribution is 5.10. The molecule has 0 aromatic carbocycles. The van der Waals surface area contributed by atoms with E-state index in [4.69, 9.17) is 4.74 Å². The zero-order valence-corrected chi connectivity index (χ0v) is 13.0. The van der Waals surface area contributed by atoms with Crippen molar-refractivity contribution < 1.29 is 66.5 Å². The van der Waals surface area contributed by atoms with Gasteiger partial charge in [-0.25, -0.2) is 0 Å². The maximum absolute atomic E-state index is 13.5. The normalized spacial score (nSPS) is 23.8. The second-order valence-corrected chi connectivity index (χ2v) is 5.75. The Morgan fingerprint density at radius 1 is 0.704 bits per heavy atom. The first kappa shape index (κ1) is 24.0. The third-order valence-corrected chi connectivity index (χ3v) is 3.59. The highest BCUT2D eigenvalue weighted by atomic mass is 19.4. The van der Waals surface area contributed by atoms with E-state index in [1.807, 2.05) is 0 Å². The molecule has 0 aromatic rings. The van der Waals surface area contributed by atoms with E-state index in [-0.39, 0.29) is 6.61 Å². The standard InChI is InChI=1S/C12H11F13O2/c1-5-4-26-6(27-5)2-3-7(13,14)8(15,16)9(17,18)10(19,20)11(21,22)12(23,24)25/h5-6H,2-4H2,1H3. The van der Waals surface area contributed by atoms with Gasteiger partial charge in [0.15, 0.2) is 6.29 Å². The van der Waals surface area contributed by atoms with Crippen molar-refractivity contribution in [3.05, 3.63) is 0 Å². The molecule has 1 fully saturated rings. The van der Waals surface area contributed by atoms with Gasteiger partial charge in [-0.15, -0.1) is 0 Å². The zero-order valence-electron chi connectivity index (χ0n) is 13.0. The highest BCUT2D eigenvalue weighted by Gasteiger charge is 2.90. The summed E-state index contributed by atoms with van der Waals surface area (Å²) >= 11 is 0. The molecule has 0 aliphatic carbocycles. The van der Waals surface area contributed by atoms with Gasteiger partial charge in [0, 0.05) is 12.8 Å². The quantitative estimate of drug-likeness (QED) is 0.509. The lowest BCUT2D eigenvalue weighted by Crippen LogP contribution is -2.70. The second-order valence-electron chi connectivity index (χ2n) is 5.75. The predicted molar refractivity (Wildman–Crippen MR) is 60.3 cm³/mol. The number of halogens is 13. The van der Waals surface area contributed by atoms with E-state index < -0.39 is 61.0 Å². The molecular weight excluding hydrogens is 423 g/mol. The molecule has 0 saturated carbocycles. The molecule has 1 rings (SSSR count). The molecule has 0 N–H and O–H groups in total. The van der Waals surface area contributed by atoms with Gasteiger partial charge in [0.05, 0.1) is 12.7 Å². The molecule has 15 heteroatoms. The van der Waals surface area contributed by atoms with E-state index in [9.17, 15) is 57.1 Å². The van der Waals surface area contributed by atoms with Crippen LogP contribution in [0.3, 0.4) is 0 Å². The van der Waals surface area contributed by atoms with Crippen LogP contribution in [-0.2, 0) is 9.47 Å². The number of hydrogen-bond donors (Lipinski definition) is 0. The molecular formula is C12H11F13O2. The Morgan fingerprint density at radius 3 is 1.52 bits per heavy atom.